The molecule has 0 bridgehead atoms. The number of aryl methyl sites for hydroxylation is 1. The van der Waals surface area contributed by atoms with Gasteiger partial charge in [-0.2, -0.15) is 5.10 Å². The van der Waals surface area contributed by atoms with Gasteiger partial charge in [0.05, 0.1) is 24.7 Å². The first-order valence-electron chi connectivity index (χ1n) is 8.79. The SMILES string of the molecule is CC(OC(=O)CCn1ncc(=O)c2ccccc21)C1CCCCC1. The van der Waals surface area contributed by atoms with Crippen LogP contribution in [0.5, 0.6) is 0 Å². The minimum absolute atomic E-state index is 0.0171. The zero-order valence-electron chi connectivity index (χ0n) is 14.1. The van der Waals surface area contributed by atoms with Gasteiger partial charge in [0.15, 0.2) is 0 Å². The number of hydrogen-bond donors (Lipinski definition) is 0. The first-order valence-corrected chi connectivity index (χ1v) is 8.79. The minimum Gasteiger partial charge on any atom is -0.462 e. The van der Waals surface area contributed by atoms with Crippen molar-refractivity contribution < 1.29 is 9.53 Å². The zero-order valence-corrected chi connectivity index (χ0v) is 14.1. The lowest BCUT2D eigenvalue weighted by molar-refractivity contribution is -0.151. The third kappa shape index (κ3) is 3.83. The van der Waals surface area contributed by atoms with Crippen molar-refractivity contribution >= 4 is 16.9 Å². The summed E-state index contributed by atoms with van der Waals surface area (Å²) < 4.78 is 7.30. The maximum Gasteiger partial charge on any atom is 0.307 e. The Kier molecular flexibility index (Phi) is 5.28. The molecule has 0 amide bonds. The lowest BCUT2D eigenvalue weighted by Crippen LogP contribution is -2.26. The second-order valence-electron chi connectivity index (χ2n) is 6.59. The molecule has 24 heavy (non-hydrogen) atoms. The van der Waals surface area contributed by atoms with E-state index in [0.717, 1.165) is 18.4 Å². The lowest BCUT2D eigenvalue weighted by Gasteiger charge is -2.27. The van der Waals surface area contributed by atoms with Crippen LogP contribution in [0.4, 0.5) is 0 Å². The molecule has 1 saturated carbocycles. The normalized spacial score (nSPS) is 16.9. The molecule has 2 aromatic rings. The van der Waals surface area contributed by atoms with Crippen LogP contribution >= 0.6 is 0 Å². The van der Waals surface area contributed by atoms with Crippen LogP contribution in [0.1, 0.15) is 45.4 Å². The molecule has 128 valence electrons. The highest BCUT2D eigenvalue weighted by Crippen LogP contribution is 2.28. The lowest BCUT2D eigenvalue weighted by atomic mass is 9.86. The van der Waals surface area contributed by atoms with Crippen LogP contribution in [0.3, 0.4) is 0 Å². The largest absolute Gasteiger partial charge is 0.462 e. The summed E-state index contributed by atoms with van der Waals surface area (Å²) in [6, 6.07) is 7.32. The molecule has 1 aromatic carbocycles. The molecule has 1 atom stereocenters. The number of para-hydroxylation sites is 1. The fraction of sp³-hybridized carbons (Fsp3) is 0.526. The van der Waals surface area contributed by atoms with Gasteiger partial charge in [-0.3, -0.25) is 14.3 Å². The van der Waals surface area contributed by atoms with Crippen LogP contribution in [0.2, 0.25) is 0 Å². The third-order valence-electron chi connectivity index (χ3n) is 4.92. The fourth-order valence-electron chi connectivity index (χ4n) is 3.50. The predicted octanol–water partition coefficient (Wildman–Crippen LogP) is 3.30. The standard InChI is InChI=1S/C19H24N2O3/c1-14(15-7-3-2-4-8-15)24-19(23)11-12-21-17-10-6-5-9-16(17)18(22)13-20-21/h5-6,9-10,13-15H,2-4,7-8,11-12H2,1H3. The topological polar surface area (TPSA) is 61.2 Å². The Morgan fingerprint density at radius 2 is 2.04 bits per heavy atom. The fourth-order valence-corrected chi connectivity index (χ4v) is 3.50. The smallest absolute Gasteiger partial charge is 0.307 e. The summed E-state index contributed by atoms with van der Waals surface area (Å²) in [5, 5.41) is 4.77. The van der Waals surface area contributed by atoms with E-state index in [2.05, 4.69) is 5.10 Å². The number of benzene rings is 1. The highest BCUT2D eigenvalue weighted by molar-refractivity contribution is 5.78. The number of carbonyl (C=O) groups excluding carboxylic acids is 1. The van der Waals surface area contributed by atoms with Crippen molar-refractivity contribution in [1.29, 1.82) is 0 Å². The van der Waals surface area contributed by atoms with Gasteiger partial charge in [0.1, 0.15) is 6.10 Å². The highest BCUT2D eigenvalue weighted by Gasteiger charge is 2.23. The van der Waals surface area contributed by atoms with Gasteiger partial charge in [0.25, 0.3) is 0 Å². The summed E-state index contributed by atoms with van der Waals surface area (Å²) in [6.07, 6.45) is 7.62. The number of carbonyl (C=O) groups is 1. The molecular weight excluding hydrogens is 304 g/mol. The molecule has 1 aliphatic rings. The number of ether oxygens (including phenoxy) is 1. The molecule has 0 spiro atoms. The molecule has 5 nitrogen and oxygen atoms in total. The van der Waals surface area contributed by atoms with Crippen LogP contribution in [0.25, 0.3) is 10.9 Å². The van der Waals surface area contributed by atoms with E-state index in [1.54, 1.807) is 10.7 Å². The van der Waals surface area contributed by atoms with Crippen molar-refractivity contribution in [3.05, 3.63) is 40.7 Å². The van der Waals surface area contributed by atoms with Gasteiger partial charge in [-0.15, -0.1) is 0 Å². The molecule has 0 aliphatic heterocycles. The second-order valence-corrected chi connectivity index (χ2v) is 6.59. The van der Waals surface area contributed by atoms with Gasteiger partial charge < -0.3 is 4.74 Å². The first kappa shape index (κ1) is 16.7. The maximum absolute atomic E-state index is 12.1. The number of fused-ring (bicyclic) bond motifs is 1. The van der Waals surface area contributed by atoms with Crippen LogP contribution < -0.4 is 5.43 Å². The van der Waals surface area contributed by atoms with Crippen molar-refractivity contribution in [2.75, 3.05) is 0 Å². The Hall–Kier alpha value is -2.17. The molecule has 0 radical (unpaired) electrons. The average Bonchev–Trinajstić information content (AvgIpc) is 2.62. The Morgan fingerprint density at radius 1 is 1.29 bits per heavy atom. The van der Waals surface area contributed by atoms with Crippen molar-refractivity contribution in [3.63, 3.8) is 0 Å². The average molecular weight is 328 g/mol. The molecular formula is C19H24N2O3. The van der Waals surface area contributed by atoms with E-state index in [9.17, 15) is 9.59 Å². The molecule has 1 unspecified atom stereocenters. The van der Waals surface area contributed by atoms with Gasteiger partial charge in [0, 0.05) is 5.39 Å². The first-order chi connectivity index (χ1) is 11.6. The monoisotopic (exact) mass is 328 g/mol. The maximum atomic E-state index is 12.1. The Balaban J connectivity index is 1.60. The van der Waals surface area contributed by atoms with E-state index in [1.807, 2.05) is 25.1 Å². The molecule has 1 heterocycles. The summed E-state index contributed by atoms with van der Waals surface area (Å²) in [7, 11) is 0. The van der Waals surface area contributed by atoms with Gasteiger partial charge in [-0.1, -0.05) is 31.4 Å². The van der Waals surface area contributed by atoms with Gasteiger partial charge in [0.2, 0.25) is 5.43 Å². The summed E-state index contributed by atoms with van der Waals surface area (Å²) in [4.78, 5) is 24.0. The third-order valence-corrected chi connectivity index (χ3v) is 4.92. The molecule has 0 N–H and O–H groups in total. The second kappa shape index (κ2) is 7.60. The van der Waals surface area contributed by atoms with Gasteiger partial charge >= 0.3 is 5.97 Å². The van der Waals surface area contributed by atoms with Crippen molar-refractivity contribution in [2.45, 2.75) is 58.1 Å². The van der Waals surface area contributed by atoms with Crippen molar-refractivity contribution in [1.82, 2.24) is 9.78 Å². The molecule has 1 aliphatic carbocycles. The number of hydrogen-bond acceptors (Lipinski definition) is 4. The summed E-state index contributed by atoms with van der Waals surface area (Å²) in [6.45, 7) is 2.41. The zero-order chi connectivity index (χ0) is 16.9. The quantitative estimate of drug-likeness (QED) is 0.790. The van der Waals surface area contributed by atoms with Gasteiger partial charge in [-0.05, 0) is 37.8 Å². The minimum atomic E-state index is -0.197. The number of esters is 1. The van der Waals surface area contributed by atoms with Gasteiger partial charge in [-0.25, -0.2) is 0 Å². The molecule has 5 heteroatoms. The van der Waals surface area contributed by atoms with E-state index in [0.29, 0.717) is 17.8 Å². The molecule has 3 rings (SSSR count). The van der Waals surface area contributed by atoms with E-state index >= 15 is 0 Å². The van der Waals surface area contributed by atoms with E-state index in [4.69, 9.17) is 4.74 Å². The number of aromatic nitrogens is 2. The summed E-state index contributed by atoms with van der Waals surface area (Å²) in [5.41, 5.74) is 0.647. The van der Waals surface area contributed by atoms with E-state index in [1.165, 1.54) is 25.5 Å². The molecule has 0 saturated heterocycles. The van der Waals surface area contributed by atoms with Crippen LogP contribution in [-0.4, -0.2) is 21.9 Å². The van der Waals surface area contributed by atoms with Crippen molar-refractivity contribution in [2.24, 2.45) is 5.92 Å². The Bertz CT molecular complexity index is 763. The Labute approximate surface area is 141 Å². The Morgan fingerprint density at radius 3 is 2.83 bits per heavy atom. The summed E-state index contributed by atoms with van der Waals surface area (Å²) >= 11 is 0. The van der Waals surface area contributed by atoms with E-state index < -0.39 is 0 Å². The van der Waals surface area contributed by atoms with Crippen molar-refractivity contribution in [3.8, 4) is 0 Å². The van der Waals surface area contributed by atoms with E-state index in [-0.39, 0.29) is 23.9 Å². The number of nitrogens with zero attached hydrogens (tertiary/aromatic N) is 2. The number of rotatable bonds is 5. The molecule has 1 fully saturated rings. The summed E-state index contributed by atoms with van der Waals surface area (Å²) in [5.74, 6) is 0.298. The van der Waals surface area contributed by atoms with Crippen LogP contribution in [0.15, 0.2) is 35.3 Å². The van der Waals surface area contributed by atoms with Crippen LogP contribution in [-0.2, 0) is 16.1 Å². The molecule has 1 aromatic heterocycles. The predicted molar refractivity (Wildman–Crippen MR) is 92.7 cm³/mol. The van der Waals surface area contributed by atoms with Crippen LogP contribution in [0, 0.1) is 5.92 Å². The highest BCUT2D eigenvalue weighted by atomic mass is 16.5.